The minimum atomic E-state index is -0.361. The Hall–Kier alpha value is -3.49. The van der Waals surface area contributed by atoms with E-state index in [4.69, 9.17) is 9.47 Å². The van der Waals surface area contributed by atoms with Crippen LogP contribution in [0.2, 0.25) is 0 Å². The number of hydrogen-bond donors (Lipinski definition) is 1. The predicted molar refractivity (Wildman–Crippen MR) is 136 cm³/mol. The van der Waals surface area contributed by atoms with Crippen LogP contribution in [0.25, 0.3) is 11.3 Å². The molecule has 6 bridgehead atoms. The molecular weight excluding hydrogens is 445 g/mol. The van der Waals surface area contributed by atoms with Crippen molar-refractivity contribution in [2.75, 3.05) is 56.7 Å². The van der Waals surface area contributed by atoms with E-state index in [1.807, 2.05) is 6.07 Å². The number of aromatic nitrogens is 2. The van der Waals surface area contributed by atoms with Gasteiger partial charge in [0.15, 0.2) is 0 Å². The zero-order valence-electron chi connectivity index (χ0n) is 19.9. The van der Waals surface area contributed by atoms with Gasteiger partial charge in [-0.25, -0.2) is 14.4 Å². The molecule has 1 aromatic heterocycles. The number of likely N-dealkylation sites (N-methyl/N-ethyl adjacent to an activating group) is 1. The maximum absolute atomic E-state index is 14.3. The molecular formula is C27H30FN5O2. The summed E-state index contributed by atoms with van der Waals surface area (Å²) in [6, 6.07) is 12.8. The maximum atomic E-state index is 14.3. The van der Waals surface area contributed by atoms with Crippen LogP contribution >= 0.6 is 0 Å². The second-order valence-electron chi connectivity index (χ2n) is 8.81. The Morgan fingerprint density at radius 3 is 2.77 bits per heavy atom. The van der Waals surface area contributed by atoms with Crippen molar-refractivity contribution in [1.29, 1.82) is 0 Å². The van der Waals surface area contributed by atoms with Gasteiger partial charge >= 0.3 is 0 Å². The van der Waals surface area contributed by atoms with E-state index in [1.54, 1.807) is 12.3 Å². The van der Waals surface area contributed by atoms with Gasteiger partial charge in [0.25, 0.3) is 0 Å². The van der Waals surface area contributed by atoms with E-state index in [-0.39, 0.29) is 5.82 Å². The third-order valence-electron chi connectivity index (χ3n) is 6.09. The van der Waals surface area contributed by atoms with Crippen molar-refractivity contribution in [2.24, 2.45) is 0 Å². The molecule has 0 radical (unpaired) electrons. The summed E-state index contributed by atoms with van der Waals surface area (Å²) in [6.45, 7) is 5.32. The minimum Gasteiger partial charge on any atom is -0.493 e. The highest BCUT2D eigenvalue weighted by Crippen LogP contribution is 2.29. The fourth-order valence-corrected chi connectivity index (χ4v) is 4.38. The van der Waals surface area contributed by atoms with Crippen LogP contribution < -0.4 is 15.0 Å². The standard InChI is InChI=1S/C27H30FN5O2/c1-32-9-3-2-4-12-35-24-17-20(15-22(28)18-24)25-7-8-29-27(31-25)30-23-5-6-26(21(16-23)19-32)33-10-13-34-14-11-33/h2-3,5-8,15-18H,4,9-14,19H2,1H3,(H,29,30,31)/b3-2-. The fraction of sp³-hybridized carbons (Fsp3) is 0.333. The fourth-order valence-electron chi connectivity index (χ4n) is 4.38. The van der Waals surface area contributed by atoms with Crippen LogP contribution in [0.3, 0.4) is 0 Å². The Morgan fingerprint density at radius 2 is 1.89 bits per heavy atom. The van der Waals surface area contributed by atoms with Crippen LogP contribution in [0.15, 0.2) is 60.8 Å². The summed E-state index contributed by atoms with van der Waals surface area (Å²) in [4.78, 5) is 13.7. The molecule has 7 nitrogen and oxygen atoms in total. The zero-order valence-corrected chi connectivity index (χ0v) is 19.9. The van der Waals surface area contributed by atoms with Gasteiger partial charge in [0.1, 0.15) is 11.6 Å². The summed E-state index contributed by atoms with van der Waals surface area (Å²) in [5.74, 6) is 0.584. The van der Waals surface area contributed by atoms with Crippen molar-refractivity contribution in [3.05, 3.63) is 72.2 Å². The molecule has 1 N–H and O–H groups in total. The molecule has 0 atom stereocenters. The summed E-state index contributed by atoms with van der Waals surface area (Å²) in [7, 11) is 2.11. The van der Waals surface area contributed by atoms with E-state index in [2.05, 4.69) is 62.5 Å². The molecule has 1 fully saturated rings. The molecule has 8 heteroatoms. The highest BCUT2D eigenvalue weighted by molar-refractivity contribution is 5.66. The Balaban J connectivity index is 1.50. The molecule has 3 heterocycles. The van der Waals surface area contributed by atoms with Gasteiger partial charge in [0.2, 0.25) is 5.95 Å². The highest BCUT2D eigenvalue weighted by Gasteiger charge is 2.17. The lowest BCUT2D eigenvalue weighted by molar-refractivity contribution is 0.122. The molecule has 0 saturated carbocycles. The Bertz CT molecular complexity index is 1200. The smallest absolute Gasteiger partial charge is 0.227 e. The van der Waals surface area contributed by atoms with Crippen molar-refractivity contribution < 1.29 is 13.9 Å². The Kier molecular flexibility index (Phi) is 7.20. The average molecular weight is 476 g/mol. The lowest BCUT2D eigenvalue weighted by Gasteiger charge is -2.31. The van der Waals surface area contributed by atoms with Gasteiger partial charge < -0.3 is 19.7 Å². The Morgan fingerprint density at radius 1 is 1.00 bits per heavy atom. The summed E-state index contributed by atoms with van der Waals surface area (Å²) >= 11 is 0. The molecule has 3 aromatic rings. The second kappa shape index (κ2) is 10.8. The number of benzene rings is 2. The highest BCUT2D eigenvalue weighted by atomic mass is 19.1. The number of halogens is 1. The number of anilines is 3. The van der Waals surface area contributed by atoms with Gasteiger partial charge in [0.05, 0.1) is 25.5 Å². The van der Waals surface area contributed by atoms with Crippen LogP contribution in [0.5, 0.6) is 5.75 Å². The van der Waals surface area contributed by atoms with Crippen LogP contribution in [0.4, 0.5) is 21.7 Å². The molecule has 2 aliphatic rings. The molecule has 2 aliphatic heterocycles. The minimum absolute atomic E-state index is 0.361. The SMILES string of the molecule is CN1C/C=C\CCOc2cc(F)cc(c2)-c2ccnc(n2)Nc2ccc(N3CCOCC3)c(c2)C1. The van der Waals surface area contributed by atoms with E-state index >= 15 is 0 Å². The third kappa shape index (κ3) is 5.96. The van der Waals surface area contributed by atoms with E-state index in [9.17, 15) is 4.39 Å². The maximum Gasteiger partial charge on any atom is 0.227 e. The summed E-state index contributed by atoms with van der Waals surface area (Å²) in [5, 5.41) is 3.33. The molecule has 0 amide bonds. The molecule has 182 valence electrons. The zero-order chi connectivity index (χ0) is 24.0. The van der Waals surface area contributed by atoms with E-state index in [0.29, 0.717) is 29.6 Å². The topological polar surface area (TPSA) is 62.8 Å². The lowest BCUT2D eigenvalue weighted by Crippen LogP contribution is -2.37. The van der Waals surface area contributed by atoms with Gasteiger partial charge in [-0.2, -0.15) is 0 Å². The second-order valence-corrected chi connectivity index (χ2v) is 8.81. The quantitative estimate of drug-likeness (QED) is 0.515. The van der Waals surface area contributed by atoms with E-state index in [1.165, 1.54) is 23.4 Å². The number of fused-ring (bicyclic) bond motifs is 7. The number of morpholine rings is 1. The van der Waals surface area contributed by atoms with Crippen molar-refractivity contribution >= 4 is 17.3 Å². The predicted octanol–water partition coefficient (Wildman–Crippen LogP) is 4.63. The summed E-state index contributed by atoms with van der Waals surface area (Å²) in [5.41, 5.74) is 4.62. The van der Waals surface area contributed by atoms with Crippen LogP contribution in [0.1, 0.15) is 12.0 Å². The molecule has 35 heavy (non-hydrogen) atoms. The van der Waals surface area contributed by atoms with Gasteiger partial charge in [-0.15, -0.1) is 0 Å². The monoisotopic (exact) mass is 475 g/mol. The molecule has 5 rings (SSSR count). The van der Waals surface area contributed by atoms with Crippen molar-refractivity contribution in [2.45, 2.75) is 13.0 Å². The normalized spacial score (nSPS) is 18.1. The van der Waals surface area contributed by atoms with Crippen LogP contribution in [-0.4, -0.2) is 61.4 Å². The van der Waals surface area contributed by atoms with Gasteiger partial charge in [-0.05, 0) is 55.4 Å². The first-order valence-corrected chi connectivity index (χ1v) is 12.0. The first kappa shape index (κ1) is 23.3. The average Bonchev–Trinajstić information content (AvgIpc) is 2.86. The van der Waals surface area contributed by atoms with Gasteiger partial charge in [0, 0.05) is 55.4 Å². The van der Waals surface area contributed by atoms with E-state index < -0.39 is 0 Å². The van der Waals surface area contributed by atoms with Crippen molar-refractivity contribution in [3.8, 4) is 17.0 Å². The van der Waals surface area contributed by atoms with Crippen molar-refractivity contribution in [3.63, 3.8) is 0 Å². The lowest BCUT2D eigenvalue weighted by atomic mass is 10.1. The largest absolute Gasteiger partial charge is 0.493 e. The molecule has 0 spiro atoms. The first-order valence-electron chi connectivity index (χ1n) is 12.0. The Labute approximate surface area is 205 Å². The van der Waals surface area contributed by atoms with E-state index in [0.717, 1.165) is 51.5 Å². The first-order chi connectivity index (χ1) is 17.1. The molecule has 1 saturated heterocycles. The number of nitrogens with zero attached hydrogens (tertiary/aromatic N) is 4. The van der Waals surface area contributed by atoms with Crippen molar-refractivity contribution in [1.82, 2.24) is 14.9 Å². The van der Waals surface area contributed by atoms with Crippen LogP contribution in [-0.2, 0) is 11.3 Å². The van der Waals surface area contributed by atoms with Crippen LogP contribution in [0, 0.1) is 5.82 Å². The number of nitrogens with one attached hydrogen (secondary N) is 1. The summed E-state index contributed by atoms with van der Waals surface area (Å²) < 4.78 is 25.7. The molecule has 2 aromatic carbocycles. The number of ether oxygens (including phenoxy) is 2. The molecule has 0 aliphatic carbocycles. The van der Waals surface area contributed by atoms with Gasteiger partial charge in [-0.1, -0.05) is 12.2 Å². The third-order valence-corrected chi connectivity index (χ3v) is 6.09. The number of hydrogen-bond acceptors (Lipinski definition) is 7. The summed E-state index contributed by atoms with van der Waals surface area (Å²) in [6.07, 6.45) is 6.68. The number of rotatable bonds is 1. The van der Waals surface area contributed by atoms with Gasteiger partial charge in [-0.3, -0.25) is 4.90 Å². The molecule has 0 unspecified atom stereocenters.